The molecule has 2 N–H and O–H groups in total. The molecule has 26 heavy (non-hydrogen) atoms. The Bertz CT molecular complexity index is 774. The molecule has 2 aliphatic heterocycles. The molecule has 1 atom stereocenters. The highest BCUT2D eigenvalue weighted by Crippen LogP contribution is 2.34. The van der Waals surface area contributed by atoms with Gasteiger partial charge in [0.15, 0.2) is 0 Å². The molecule has 2 aromatic rings. The number of hydrogen-bond acceptors (Lipinski definition) is 3. The van der Waals surface area contributed by atoms with E-state index in [2.05, 4.69) is 33.7 Å². The summed E-state index contributed by atoms with van der Waals surface area (Å²) in [7, 11) is 0. The van der Waals surface area contributed by atoms with Crippen LogP contribution in [0.5, 0.6) is 0 Å². The van der Waals surface area contributed by atoms with Crippen LogP contribution in [0.2, 0.25) is 5.02 Å². The van der Waals surface area contributed by atoms with E-state index in [-0.39, 0.29) is 12.1 Å². The highest BCUT2D eigenvalue weighted by molar-refractivity contribution is 6.30. The van der Waals surface area contributed by atoms with Gasteiger partial charge in [-0.1, -0.05) is 35.9 Å². The Balaban J connectivity index is 1.52. The standard InChI is InChI=1S/C20H23ClN4O/c21-16-7-5-15(6-8-16)14-24-11-12-25(19-4-2-1-3-18(19)24)20(26)23-17-9-10-22-13-17/h1-8,17,22H,9-14H2,(H,23,26). The Morgan fingerprint density at radius 3 is 2.62 bits per heavy atom. The van der Waals surface area contributed by atoms with Crippen LogP contribution in [-0.2, 0) is 6.54 Å². The first kappa shape index (κ1) is 17.2. The maximum Gasteiger partial charge on any atom is 0.322 e. The van der Waals surface area contributed by atoms with Crippen LogP contribution in [0.1, 0.15) is 12.0 Å². The first-order chi connectivity index (χ1) is 12.7. The van der Waals surface area contributed by atoms with E-state index in [0.29, 0.717) is 6.54 Å². The van der Waals surface area contributed by atoms with Crippen LogP contribution in [-0.4, -0.2) is 38.3 Å². The number of rotatable bonds is 3. The molecule has 1 saturated heterocycles. The maximum absolute atomic E-state index is 12.8. The predicted octanol–water partition coefficient (Wildman–Crippen LogP) is 3.24. The summed E-state index contributed by atoms with van der Waals surface area (Å²) in [5.74, 6) is 0. The van der Waals surface area contributed by atoms with Crippen molar-refractivity contribution in [2.75, 3.05) is 36.0 Å². The van der Waals surface area contributed by atoms with Gasteiger partial charge in [-0.15, -0.1) is 0 Å². The fraction of sp³-hybridized carbons (Fsp3) is 0.350. The van der Waals surface area contributed by atoms with Crippen molar-refractivity contribution >= 4 is 29.0 Å². The van der Waals surface area contributed by atoms with E-state index in [0.717, 1.165) is 49.0 Å². The summed E-state index contributed by atoms with van der Waals surface area (Å²) >= 11 is 5.99. The molecule has 6 heteroatoms. The van der Waals surface area contributed by atoms with E-state index < -0.39 is 0 Å². The number of anilines is 2. The van der Waals surface area contributed by atoms with Crippen molar-refractivity contribution in [3.63, 3.8) is 0 Å². The molecule has 2 heterocycles. The molecule has 0 spiro atoms. The van der Waals surface area contributed by atoms with Crippen molar-refractivity contribution in [3.05, 3.63) is 59.1 Å². The van der Waals surface area contributed by atoms with Crippen molar-refractivity contribution in [2.45, 2.75) is 19.0 Å². The van der Waals surface area contributed by atoms with Gasteiger partial charge in [0, 0.05) is 37.2 Å². The lowest BCUT2D eigenvalue weighted by atomic mass is 10.1. The normalized spacial score (nSPS) is 19.3. The lowest BCUT2D eigenvalue weighted by molar-refractivity contribution is 0.243. The molecule has 0 aromatic heterocycles. The minimum Gasteiger partial charge on any atom is -0.364 e. The van der Waals surface area contributed by atoms with Crippen LogP contribution in [0.4, 0.5) is 16.2 Å². The number of urea groups is 1. The minimum atomic E-state index is -0.00251. The van der Waals surface area contributed by atoms with Crippen LogP contribution < -0.4 is 20.4 Å². The molecule has 0 aliphatic carbocycles. The van der Waals surface area contributed by atoms with Crippen LogP contribution in [0, 0.1) is 0 Å². The van der Waals surface area contributed by atoms with Crippen molar-refractivity contribution < 1.29 is 4.79 Å². The second-order valence-electron chi connectivity index (χ2n) is 6.83. The average Bonchev–Trinajstić information content (AvgIpc) is 3.17. The quantitative estimate of drug-likeness (QED) is 0.872. The van der Waals surface area contributed by atoms with Gasteiger partial charge in [0.05, 0.1) is 11.4 Å². The Hall–Kier alpha value is -2.24. The largest absolute Gasteiger partial charge is 0.364 e. The number of fused-ring (bicyclic) bond motifs is 1. The van der Waals surface area contributed by atoms with Gasteiger partial charge in [0.2, 0.25) is 0 Å². The van der Waals surface area contributed by atoms with Crippen molar-refractivity contribution in [2.24, 2.45) is 0 Å². The zero-order chi connectivity index (χ0) is 17.9. The lowest BCUT2D eigenvalue weighted by Gasteiger charge is -2.38. The van der Waals surface area contributed by atoms with Crippen LogP contribution in [0.15, 0.2) is 48.5 Å². The zero-order valence-corrected chi connectivity index (χ0v) is 15.4. The molecular formula is C20H23ClN4O. The molecule has 4 rings (SSSR count). The summed E-state index contributed by atoms with van der Waals surface area (Å²) in [5, 5.41) is 7.19. The third-order valence-corrected chi connectivity index (χ3v) is 5.28. The number of nitrogens with one attached hydrogen (secondary N) is 2. The predicted molar refractivity (Wildman–Crippen MR) is 106 cm³/mol. The molecule has 0 bridgehead atoms. The summed E-state index contributed by atoms with van der Waals surface area (Å²) < 4.78 is 0. The van der Waals surface area contributed by atoms with Crippen molar-refractivity contribution in [1.29, 1.82) is 0 Å². The molecule has 2 amide bonds. The van der Waals surface area contributed by atoms with E-state index in [1.807, 2.05) is 35.2 Å². The molecule has 2 aliphatic rings. The topological polar surface area (TPSA) is 47.6 Å². The van der Waals surface area contributed by atoms with Crippen molar-refractivity contribution in [3.8, 4) is 0 Å². The fourth-order valence-electron chi connectivity index (χ4n) is 3.64. The highest BCUT2D eigenvalue weighted by Gasteiger charge is 2.28. The van der Waals surface area contributed by atoms with Gasteiger partial charge in [0.25, 0.3) is 0 Å². The number of nitrogens with zero attached hydrogens (tertiary/aromatic N) is 2. The summed E-state index contributed by atoms with van der Waals surface area (Å²) in [4.78, 5) is 17.0. The van der Waals surface area contributed by atoms with Gasteiger partial charge < -0.3 is 15.5 Å². The lowest BCUT2D eigenvalue weighted by Crippen LogP contribution is -2.50. The molecule has 5 nitrogen and oxygen atoms in total. The van der Waals surface area contributed by atoms with E-state index >= 15 is 0 Å². The first-order valence-corrected chi connectivity index (χ1v) is 9.46. The fourth-order valence-corrected chi connectivity index (χ4v) is 3.76. The Morgan fingerprint density at radius 2 is 1.88 bits per heavy atom. The monoisotopic (exact) mass is 370 g/mol. The van der Waals surface area contributed by atoms with Gasteiger partial charge >= 0.3 is 6.03 Å². The number of carbonyl (C=O) groups is 1. The summed E-state index contributed by atoms with van der Waals surface area (Å²) in [6, 6.07) is 16.3. The van der Waals surface area contributed by atoms with E-state index in [4.69, 9.17) is 11.6 Å². The van der Waals surface area contributed by atoms with Crippen LogP contribution in [0.25, 0.3) is 0 Å². The van der Waals surface area contributed by atoms with Gasteiger partial charge in [-0.3, -0.25) is 4.90 Å². The Morgan fingerprint density at radius 1 is 1.12 bits per heavy atom. The third kappa shape index (κ3) is 3.64. The molecule has 1 fully saturated rings. The Labute approximate surface area is 158 Å². The second-order valence-corrected chi connectivity index (χ2v) is 7.26. The number of halogens is 1. The van der Waals surface area contributed by atoms with E-state index in [1.165, 1.54) is 5.56 Å². The smallest absolute Gasteiger partial charge is 0.322 e. The van der Waals surface area contributed by atoms with Gasteiger partial charge in [-0.2, -0.15) is 0 Å². The summed E-state index contributed by atoms with van der Waals surface area (Å²) in [5.41, 5.74) is 3.27. The molecule has 0 saturated carbocycles. The molecule has 0 radical (unpaired) electrons. The summed E-state index contributed by atoms with van der Waals surface area (Å²) in [6.45, 7) is 4.10. The van der Waals surface area contributed by atoms with Gasteiger partial charge in [-0.05, 0) is 42.8 Å². The number of hydrogen-bond donors (Lipinski definition) is 2. The minimum absolute atomic E-state index is 0.00251. The Kier molecular flexibility index (Phi) is 5.00. The second kappa shape index (κ2) is 7.56. The summed E-state index contributed by atoms with van der Waals surface area (Å²) in [6.07, 6.45) is 0.990. The molecule has 1 unspecified atom stereocenters. The maximum atomic E-state index is 12.8. The highest BCUT2D eigenvalue weighted by atomic mass is 35.5. The van der Waals surface area contributed by atoms with Gasteiger partial charge in [-0.25, -0.2) is 4.79 Å². The first-order valence-electron chi connectivity index (χ1n) is 9.08. The number of benzene rings is 2. The molecule has 136 valence electrons. The SMILES string of the molecule is O=C(NC1CCNC1)N1CCN(Cc2ccc(Cl)cc2)c2ccccc21. The third-order valence-electron chi connectivity index (χ3n) is 5.03. The van der Waals surface area contributed by atoms with E-state index in [1.54, 1.807) is 0 Å². The van der Waals surface area contributed by atoms with E-state index in [9.17, 15) is 4.79 Å². The number of carbonyl (C=O) groups excluding carboxylic acids is 1. The zero-order valence-electron chi connectivity index (χ0n) is 14.6. The van der Waals surface area contributed by atoms with Crippen LogP contribution >= 0.6 is 11.6 Å². The van der Waals surface area contributed by atoms with Crippen LogP contribution in [0.3, 0.4) is 0 Å². The molecule has 2 aromatic carbocycles. The number of amides is 2. The van der Waals surface area contributed by atoms with Crippen molar-refractivity contribution in [1.82, 2.24) is 10.6 Å². The molecular weight excluding hydrogens is 348 g/mol. The van der Waals surface area contributed by atoms with Gasteiger partial charge in [0.1, 0.15) is 0 Å². The average molecular weight is 371 g/mol. The number of para-hydroxylation sites is 2.